The molecule has 0 saturated carbocycles. The zero-order valence-electron chi connectivity index (χ0n) is 17.4. The second kappa shape index (κ2) is 9.67. The van der Waals surface area contributed by atoms with E-state index in [2.05, 4.69) is 17.4 Å². The Labute approximate surface area is 195 Å². The van der Waals surface area contributed by atoms with Crippen molar-refractivity contribution >= 4 is 35.4 Å². The van der Waals surface area contributed by atoms with Gasteiger partial charge in [0.25, 0.3) is 0 Å². The summed E-state index contributed by atoms with van der Waals surface area (Å²) in [5, 5.41) is 12.6. The molecule has 1 amide bonds. The lowest BCUT2D eigenvalue weighted by molar-refractivity contribution is -0.139. The van der Waals surface area contributed by atoms with Gasteiger partial charge in [0, 0.05) is 22.3 Å². The van der Waals surface area contributed by atoms with Crippen LogP contribution in [0.1, 0.15) is 22.6 Å². The molecular weight excluding hydrogens is 446 g/mol. The molecule has 0 fully saturated rings. The van der Waals surface area contributed by atoms with Crippen molar-refractivity contribution in [2.24, 2.45) is 0 Å². The number of nitrogens with one attached hydrogen (secondary N) is 1. The van der Waals surface area contributed by atoms with Crippen molar-refractivity contribution in [2.75, 3.05) is 12.9 Å². The molecule has 0 radical (unpaired) electrons. The molecule has 1 unspecified atom stereocenters. The number of benzene rings is 3. The summed E-state index contributed by atoms with van der Waals surface area (Å²) in [4.78, 5) is 25.2. The minimum absolute atomic E-state index is 0.0894. The van der Waals surface area contributed by atoms with Crippen LogP contribution >= 0.6 is 23.4 Å². The molecule has 1 aliphatic carbocycles. The molecule has 32 heavy (non-hydrogen) atoms. The number of carbonyl (C=O) groups is 2. The molecule has 0 heterocycles. The van der Waals surface area contributed by atoms with Gasteiger partial charge in [-0.25, -0.2) is 9.59 Å². The lowest BCUT2D eigenvalue weighted by Gasteiger charge is -2.18. The van der Waals surface area contributed by atoms with Gasteiger partial charge in [0.1, 0.15) is 12.6 Å². The number of carboxylic acids is 1. The number of alkyl carbamates (subject to hydrolysis) is 1. The lowest BCUT2D eigenvalue weighted by Crippen LogP contribution is -2.42. The molecule has 1 aliphatic rings. The Morgan fingerprint density at radius 2 is 1.69 bits per heavy atom. The highest BCUT2D eigenvalue weighted by molar-refractivity contribution is 7.98. The molecule has 7 heteroatoms. The Morgan fingerprint density at radius 1 is 1.06 bits per heavy atom. The molecule has 3 aromatic rings. The van der Waals surface area contributed by atoms with Crippen LogP contribution in [0, 0.1) is 0 Å². The minimum atomic E-state index is -1.14. The van der Waals surface area contributed by atoms with Crippen LogP contribution in [0.3, 0.4) is 0 Å². The van der Waals surface area contributed by atoms with E-state index in [0.717, 1.165) is 32.7 Å². The van der Waals surface area contributed by atoms with Crippen molar-refractivity contribution < 1.29 is 19.4 Å². The van der Waals surface area contributed by atoms with E-state index in [-0.39, 0.29) is 18.9 Å². The summed E-state index contributed by atoms with van der Waals surface area (Å²) >= 11 is 7.64. The van der Waals surface area contributed by atoms with Crippen molar-refractivity contribution in [1.82, 2.24) is 5.32 Å². The van der Waals surface area contributed by atoms with E-state index in [0.29, 0.717) is 5.02 Å². The predicted octanol–water partition coefficient (Wildman–Crippen LogP) is 5.60. The molecular formula is C25H22ClNO4S. The minimum Gasteiger partial charge on any atom is -0.480 e. The number of thioether (sulfide) groups is 1. The van der Waals surface area contributed by atoms with Gasteiger partial charge in [-0.05, 0) is 52.3 Å². The maximum atomic E-state index is 12.5. The monoisotopic (exact) mass is 467 g/mol. The van der Waals surface area contributed by atoms with Gasteiger partial charge in [-0.1, -0.05) is 60.1 Å². The van der Waals surface area contributed by atoms with Crippen LogP contribution in [-0.4, -0.2) is 36.1 Å². The summed E-state index contributed by atoms with van der Waals surface area (Å²) in [5.41, 5.74) is 5.19. The third-order valence-electron chi connectivity index (χ3n) is 5.54. The van der Waals surface area contributed by atoms with Crippen LogP contribution in [0.25, 0.3) is 11.1 Å². The summed E-state index contributed by atoms with van der Waals surface area (Å²) in [6.45, 7) is 0.125. The third-order valence-corrected chi connectivity index (χ3v) is 6.47. The summed E-state index contributed by atoms with van der Waals surface area (Å²) in [5.74, 6) is -1.22. The normalized spacial score (nSPS) is 13.2. The standard InChI is InChI=1S/C25H22ClNO4S/c1-32-17-11-15(10-16(26)13-17)12-23(24(28)29)27-25(30)31-14-22-20-8-4-2-6-18(20)19-7-3-5-9-21(19)22/h2-11,13,22-23H,12,14H2,1H3,(H,27,30)(H,28,29). The highest BCUT2D eigenvalue weighted by Gasteiger charge is 2.29. The zero-order valence-corrected chi connectivity index (χ0v) is 19.0. The molecule has 0 bridgehead atoms. The maximum Gasteiger partial charge on any atom is 0.407 e. The lowest BCUT2D eigenvalue weighted by atomic mass is 9.98. The van der Waals surface area contributed by atoms with Crippen molar-refractivity contribution in [1.29, 1.82) is 0 Å². The fraction of sp³-hybridized carbons (Fsp3) is 0.200. The molecule has 3 aromatic carbocycles. The fourth-order valence-electron chi connectivity index (χ4n) is 4.07. The van der Waals surface area contributed by atoms with Crippen LogP contribution in [0.5, 0.6) is 0 Å². The molecule has 4 rings (SSSR count). The van der Waals surface area contributed by atoms with Crippen LogP contribution in [-0.2, 0) is 16.0 Å². The van der Waals surface area contributed by atoms with Crippen molar-refractivity contribution in [3.8, 4) is 11.1 Å². The van der Waals surface area contributed by atoms with E-state index in [1.807, 2.05) is 54.8 Å². The van der Waals surface area contributed by atoms with E-state index in [9.17, 15) is 14.7 Å². The summed E-state index contributed by atoms with van der Waals surface area (Å²) in [6, 6.07) is 20.3. The average Bonchev–Trinajstić information content (AvgIpc) is 3.10. The van der Waals surface area contributed by atoms with Gasteiger partial charge >= 0.3 is 12.1 Å². The Balaban J connectivity index is 1.44. The zero-order chi connectivity index (χ0) is 22.7. The van der Waals surface area contributed by atoms with Gasteiger partial charge in [0.15, 0.2) is 0 Å². The van der Waals surface area contributed by atoms with E-state index >= 15 is 0 Å². The number of halogens is 1. The number of rotatable bonds is 7. The third kappa shape index (κ3) is 4.76. The quantitative estimate of drug-likeness (QED) is 0.442. The van der Waals surface area contributed by atoms with E-state index in [4.69, 9.17) is 16.3 Å². The van der Waals surface area contributed by atoms with Gasteiger partial charge in [0.05, 0.1) is 0 Å². The van der Waals surface area contributed by atoms with Gasteiger partial charge in [0.2, 0.25) is 0 Å². The first kappa shape index (κ1) is 22.2. The first-order chi connectivity index (χ1) is 15.5. The molecule has 0 aromatic heterocycles. The van der Waals surface area contributed by atoms with Crippen molar-refractivity contribution in [3.05, 3.63) is 88.4 Å². The number of amides is 1. The average molecular weight is 468 g/mol. The highest BCUT2D eigenvalue weighted by Crippen LogP contribution is 2.44. The van der Waals surface area contributed by atoms with Gasteiger partial charge in [-0.2, -0.15) is 0 Å². The van der Waals surface area contributed by atoms with Crippen LogP contribution in [0.2, 0.25) is 5.02 Å². The summed E-state index contributed by atoms with van der Waals surface area (Å²) in [6.07, 6.45) is 1.26. The highest BCUT2D eigenvalue weighted by atomic mass is 35.5. The Hall–Kier alpha value is -2.96. The van der Waals surface area contributed by atoms with Crippen molar-refractivity contribution in [3.63, 3.8) is 0 Å². The molecule has 164 valence electrons. The molecule has 0 saturated heterocycles. The van der Waals surface area contributed by atoms with E-state index in [1.165, 1.54) is 11.8 Å². The van der Waals surface area contributed by atoms with Gasteiger partial charge in [-0.15, -0.1) is 11.8 Å². The number of fused-ring (bicyclic) bond motifs is 3. The smallest absolute Gasteiger partial charge is 0.407 e. The summed E-state index contributed by atoms with van der Waals surface area (Å²) in [7, 11) is 0. The maximum absolute atomic E-state index is 12.5. The molecule has 5 nitrogen and oxygen atoms in total. The second-order valence-corrected chi connectivity index (χ2v) is 8.88. The SMILES string of the molecule is CSc1cc(Cl)cc(CC(NC(=O)OCC2c3ccccc3-c3ccccc32)C(=O)O)c1. The van der Waals surface area contributed by atoms with Crippen molar-refractivity contribution in [2.45, 2.75) is 23.3 Å². The first-order valence-corrected chi connectivity index (χ1v) is 11.7. The molecule has 0 aliphatic heterocycles. The van der Waals surface area contributed by atoms with Crippen LogP contribution in [0.4, 0.5) is 4.79 Å². The first-order valence-electron chi connectivity index (χ1n) is 10.1. The number of carboxylic acid groups (broad SMARTS) is 1. The van der Waals surface area contributed by atoms with E-state index < -0.39 is 18.1 Å². The number of hydrogen-bond acceptors (Lipinski definition) is 4. The summed E-state index contributed by atoms with van der Waals surface area (Å²) < 4.78 is 5.48. The number of carbonyl (C=O) groups excluding carboxylic acids is 1. The predicted molar refractivity (Wildman–Crippen MR) is 127 cm³/mol. The van der Waals surface area contributed by atoms with Crippen LogP contribution in [0.15, 0.2) is 71.6 Å². The molecule has 0 spiro atoms. The largest absolute Gasteiger partial charge is 0.480 e. The van der Waals surface area contributed by atoms with Crippen LogP contribution < -0.4 is 5.32 Å². The Kier molecular flexibility index (Phi) is 6.72. The topological polar surface area (TPSA) is 75.6 Å². The fourth-order valence-corrected chi connectivity index (χ4v) is 4.91. The van der Waals surface area contributed by atoms with E-state index in [1.54, 1.807) is 6.07 Å². The second-order valence-electron chi connectivity index (χ2n) is 7.56. The number of aliphatic carboxylic acids is 1. The Bertz CT molecular complexity index is 1120. The molecule has 1 atom stereocenters. The number of ether oxygens (including phenoxy) is 1. The number of hydrogen-bond donors (Lipinski definition) is 2. The van der Waals surface area contributed by atoms with Gasteiger partial charge in [-0.3, -0.25) is 0 Å². The Morgan fingerprint density at radius 3 is 2.28 bits per heavy atom. The van der Waals surface area contributed by atoms with Gasteiger partial charge < -0.3 is 15.2 Å². The molecule has 2 N–H and O–H groups in total.